The number of nitrogens with one attached hydrogen (secondary N) is 2. The van der Waals surface area contributed by atoms with Crippen LogP contribution in [0.5, 0.6) is 0 Å². The van der Waals surface area contributed by atoms with E-state index in [2.05, 4.69) is 15.6 Å². The Morgan fingerprint density at radius 2 is 1.92 bits per heavy atom. The quantitative estimate of drug-likeness (QED) is 0.838. The zero-order valence-corrected chi connectivity index (χ0v) is 14.0. The molecule has 0 aliphatic carbocycles. The minimum Gasteiger partial charge on any atom is -0.355 e. The monoisotopic (exact) mass is 341 g/mol. The standard InChI is InChI=1S/C18H16ClN3O2/c1-10(21-13-6-4-12(19)5-7-13)16-14-9-11(17(23)20-2)3-8-15(14)22-18(16)24/h3-9,16H,1-2H3,(H,20,23)(H,22,24). The van der Waals surface area contributed by atoms with Crippen LogP contribution in [0.2, 0.25) is 5.02 Å². The molecule has 6 heteroatoms. The maximum Gasteiger partial charge on any atom is 0.251 e. The molecule has 1 aliphatic heterocycles. The molecule has 122 valence electrons. The minimum atomic E-state index is -0.514. The first-order valence-electron chi connectivity index (χ1n) is 7.47. The molecular formula is C18H16ClN3O2. The van der Waals surface area contributed by atoms with E-state index >= 15 is 0 Å². The average molecular weight is 342 g/mol. The summed E-state index contributed by atoms with van der Waals surface area (Å²) in [5, 5.41) is 6.05. The van der Waals surface area contributed by atoms with Gasteiger partial charge in [-0.05, 0) is 55.0 Å². The summed E-state index contributed by atoms with van der Waals surface area (Å²) in [4.78, 5) is 28.7. The van der Waals surface area contributed by atoms with Crippen molar-refractivity contribution < 1.29 is 9.59 Å². The molecule has 0 spiro atoms. The number of carbonyl (C=O) groups is 2. The Morgan fingerprint density at radius 1 is 1.21 bits per heavy atom. The fourth-order valence-corrected chi connectivity index (χ4v) is 2.87. The Kier molecular flexibility index (Phi) is 4.36. The average Bonchev–Trinajstić information content (AvgIpc) is 2.91. The van der Waals surface area contributed by atoms with Crippen LogP contribution < -0.4 is 10.6 Å². The highest BCUT2D eigenvalue weighted by Gasteiger charge is 2.33. The largest absolute Gasteiger partial charge is 0.355 e. The number of rotatable bonds is 3. The molecule has 0 aromatic heterocycles. The van der Waals surface area contributed by atoms with E-state index in [0.29, 0.717) is 22.0 Å². The van der Waals surface area contributed by atoms with Crippen LogP contribution in [-0.4, -0.2) is 24.6 Å². The van der Waals surface area contributed by atoms with Gasteiger partial charge in [-0.25, -0.2) is 0 Å². The number of amides is 2. The Balaban J connectivity index is 1.98. The lowest BCUT2D eigenvalue weighted by Crippen LogP contribution is -2.20. The number of nitrogens with zero attached hydrogens (tertiary/aromatic N) is 1. The number of carbonyl (C=O) groups excluding carboxylic acids is 2. The molecule has 2 N–H and O–H groups in total. The van der Waals surface area contributed by atoms with Gasteiger partial charge in [0.25, 0.3) is 5.91 Å². The summed E-state index contributed by atoms with van der Waals surface area (Å²) >= 11 is 5.88. The smallest absolute Gasteiger partial charge is 0.251 e. The fourth-order valence-electron chi connectivity index (χ4n) is 2.75. The predicted octanol–water partition coefficient (Wildman–Crippen LogP) is 3.53. The maximum absolute atomic E-state index is 12.4. The van der Waals surface area contributed by atoms with Crippen molar-refractivity contribution in [2.24, 2.45) is 4.99 Å². The van der Waals surface area contributed by atoms with Gasteiger partial charge in [-0.15, -0.1) is 0 Å². The zero-order chi connectivity index (χ0) is 17.3. The molecule has 2 aromatic rings. The van der Waals surface area contributed by atoms with Crippen molar-refractivity contribution in [2.75, 3.05) is 12.4 Å². The Morgan fingerprint density at radius 3 is 2.58 bits per heavy atom. The van der Waals surface area contributed by atoms with Crippen molar-refractivity contribution in [2.45, 2.75) is 12.8 Å². The lowest BCUT2D eigenvalue weighted by atomic mass is 9.94. The van der Waals surface area contributed by atoms with Gasteiger partial charge in [0, 0.05) is 29.0 Å². The van der Waals surface area contributed by atoms with Crippen molar-refractivity contribution >= 4 is 40.5 Å². The maximum atomic E-state index is 12.4. The molecule has 0 radical (unpaired) electrons. The third-order valence-electron chi connectivity index (χ3n) is 3.92. The lowest BCUT2D eigenvalue weighted by molar-refractivity contribution is -0.115. The van der Waals surface area contributed by atoms with Gasteiger partial charge in [0.15, 0.2) is 0 Å². The number of anilines is 1. The van der Waals surface area contributed by atoms with Crippen molar-refractivity contribution in [3.63, 3.8) is 0 Å². The van der Waals surface area contributed by atoms with E-state index < -0.39 is 5.92 Å². The first kappa shape index (κ1) is 16.2. The Labute approximate surface area is 144 Å². The second kappa shape index (κ2) is 6.45. The highest BCUT2D eigenvalue weighted by atomic mass is 35.5. The van der Waals surface area contributed by atoms with Gasteiger partial charge in [-0.2, -0.15) is 0 Å². The van der Waals surface area contributed by atoms with Crippen LogP contribution in [0.25, 0.3) is 0 Å². The molecule has 5 nitrogen and oxygen atoms in total. The van der Waals surface area contributed by atoms with E-state index in [-0.39, 0.29) is 11.8 Å². The molecule has 0 saturated heterocycles. The van der Waals surface area contributed by atoms with E-state index in [1.54, 1.807) is 56.4 Å². The van der Waals surface area contributed by atoms with Crippen LogP contribution in [0.1, 0.15) is 28.8 Å². The SMILES string of the molecule is CNC(=O)c1ccc2c(c1)C(C(C)=Nc1ccc(Cl)cc1)C(=O)N2. The number of hydrogen-bond donors (Lipinski definition) is 2. The third-order valence-corrected chi connectivity index (χ3v) is 4.17. The Bertz CT molecular complexity index is 844. The highest BCUT2D eigenvalue weighted by Crippen LogP contribution is 2.35. The first-order valence-corrected chi connectivity index (χ1v) is 7.85. The third kappa shape index (κ3) is 3.03. The van der Waals surface area contributed by atoms with E-state index in [1.807, 2.05) is 0 Å². The van der Waals surface area contributed by atoms with E-state index in [4.69, 9.17) is 11.6 Å². The predicted molar refractivity (Wildman–Crippen MR) is 95.4 cm³/mol. The van der Waals surface area contributed by atoms with Gasteiger partial charge in [0.05, 0.1) is 5.69 Å². The van der Waals surface area contributed by atoms with Crippen molar-refractivity contribution in [1.82, 2.24) is 5.32 Å². The van der Waals surface area contributed by atoms with Gasteiger partial charge in [0.2, 0.25) is 5.91 Å². The Hall–Kier alpha value is -2.66. The van der Waals surface area contributed by atoms with Crippen LogP contribution in [0.15, 0.2) is 47.5 Å². The topological polar surface area (TPSA) is 70.6 Å². The molecule has 1 atom stereocenters. The highest BCUT2D eigenvalue weighted by molar-refractivity contribution is 6.30. The summed E-state index contributed by atoms with van der Waals surface area (Å²) in [5.74, 6) is -0.849. The summed E-state index contributed by atoms with van der Waals surface area (Å²) < 4.78 is 0. The molecule has 24 heavy (non-hydrogen) atoms. The summed E-state index contributed by atoms with van der Waals surface area (Å²) in [6.07, 6.45) is 0. The van der Waals surface area contributed by atoms with Gasteiger partial charge >= 0.3 is 0 Å². The molecular weight excluding hydrogens is 326 g/mol. The first-order chi connectivity index (χ1) is 11.5. The summed E-state index contributed by atoms with van der Waals surface area (Å²) in [6, 6.07) is 12.2. The van der Waals surface area contributed by atoms with E-state index in [1.165, 1.54) is 0 Å². The van der Waals surface area contributed by atoms with Gasteiger partial charge in [0.1, 0.15) is 5.92 Å². The molecule has 0 saturated carbocycles. The van der Waals surface area contributed by atoms with Gasteiger partial charge in [-0.3, -0.25) is 14.6 Å². The summed E-state index contributed by atoms with van der Waals surface area (Å²) in [6.45, 7) is 1.81. The van der Waals surface area contributed by atoms with Crippen LogP contribution in [-0.2, 0) is 4.79 Å². The van der Waals surface area contributed by atoms with E-state index in [0.717, 1.165) is 11.3 Å². The molecule has 0 bridgehead atoms. The molecule has 2 amide bonds. The number of halogens is 1. The number of benzene rings is 2. The number of aliphatic imine (C=N–C) groups is 1. The van der Waals surface area contributed by atoms with Gasteiger partial charge in [-0.1, -0.05) is 11.6 Å². The second-order valence-electron chi connectivity index (χ2n) is 5.53. The van der Waals surface area contributed by atoms with Crippen molar-refractivity contribution in [1.29, 1.82) is 0 Å². The number of fused-ring (bicyclic) bond motifs is 1. The van der Waals surface area contributed by atoms with E-state index in [9.17, 15) is 9.59 Å². The van der Waals surface area contributed by atoms with Crippen LogP contribution in [0, 0.1) is 0 Å². The van der Waals surface area contributed by atoms with Crippen molar-refractivity contribution in [3.8, 4) is 0 Å². The minimum absolute atomic E-state index is 0.144. The number of hydrogen-bond acceptors (Lipinski definition) is 3. The molecule has 2 aromatic carbocycles. The van der Waals surface area contributed by atoms with Crippen LogP contribution in [0.3, 0.4) is 0 Å². The van der Waals surface area contributed by atoms with Crippen LogP contribution in [0.4, 0.5) is 11.4 Å². The molecule has 0 fully saturated rings. The summed E-state index contributed by atoms with van der Waals surface area (Å²) in [7, 11) is 1.57. The summed E-state index contributed by atoms with van der Waals surface area (Å²) in [5.41, 5.74) is 3.36. The molecule has 1 heterocycles. The van der Waals surface area contributed by atoms with Crippen LogP contribution >= 0.6 is 11.6 Å². The second-order valence-corrected chi connectivity index (χ2v) is 5.97. The molecule has 1 unspecified atom stereocenters. The lowest BCUT2D eigenvalue weighted by Gasteiger charge is -2.10. The van der Waals surface area contributed by atoms with Crippen molar-refractivity contribution in [3.05, 3.63) is 58.6 Å². The van der Waals surface area contributed by atoms with Gasteiger partial charge < -0.3 is 10.6 Å². The zero-order valence-electron chi connectivity index (χ0n) is 13.3. The normalized spacial score (nSPS) is 16.5. The fraction of sp³-hybridized carbons (Fsp3) is 0.167. The molecule has 1 aliphatic rings. The molecule has 3 rings (SSSR count).